The van der Waals surface area contributed by atoms with Gasteiger partial charge >= 0.3 is 6.18 Å². The van der Waals surface area contributed by atoms with E-state index in [1.54, 1.807) is 6.92 Å². The van der Waals surface area contributed by atoms with Crippen LogP contribution in [0.25, 0.3) is 10.9 Å². The SMILES string of the molecule is Cc1cc(C(N)=O)cc2nc(C(F)(F)F)ccc12. The maximum absolute atomic E-state index is 12.5. The molecule has 0 spiro atoms. The zero-order valence-corrected chi connectivity index (χ0v) is 9.38. The van der Waals surface area contributed by atoms with Crippen LogP contribution >= 0.6 is 0 Å². The molecule has 3 nitrogen and oxygen atoms in total. The van der Waals surface area contributed by atoms with Crippen molar-refractivity contribution in [1.29, 1.82) is 0 Å². The molecule has 1 amide bonds. The van der Waals surface area contributed by atoms with Gasteiger partial charge in [-0.1, -0.05) is 6.07 Å². The molecule has 1 heterocycles. The Morgan fingerprint density at radius 2 is 1.94 bits per heavy atom. The average Bonchev–Trinajstić information content (AvgIpc) is 2.26. The fourth-order valence-corrected chi connectivity index (χ4v) is 1.72. The summed E-state index contributed by atoms with van der Waals surface area (Å²) >= 11 is 0. The number of primary amides is 1. The van der Waals surface area contributed by atoms with Crippen LogP contribution in [0.1, 0.15) is 21.6 Å². The molecule has 0 aliphatic rings. The molecule has 0 saturated carbocycles. The molecule has 1 aromatic carbocycles. The van der Waals surface area contributed by atoms with E-state index < -0.39 is 17.8 Å². The minimum Gasteiger partial charge on any atom is -0.366 e. The van der Waals surface area contributed by atoms with Crippen LogP contribution in [0.15, 0.2) is 24.3 Å². The molecule has 0 aliphatic heterocycles. The lowest BCUT2D eigenvalue weighted by atomic mass is 10.0. The van der Waals surface area contributed by atoms with E-state index in [2.05, 4.69) is 4.98 Å². The second-order valence-electron chi connectivity index (χ2n) is 3.92. The van der Waals surface area contributed by atoms with Crippen molar-refractivity contribution in [2.45, 2.75) is 13.1 Å². The standard InChI is InChI=1S/C12H9F3N2O/c1-6-4-7(11(16)18)5-9-8(6)2-3-10(17-9)12(13,14)15/h2-5H,1H3,(H2,16,18). The van der Waals surface area contributed by atoms with Gasteiger partial charge in [-0.05, 0) is 30.7 Å². The zero-order valence-electron chi connectivity index (χ0n) is 9.38. The monoisotopic (exact) mass is 254 g/mol. The molecule has 0 radical (unpaired) electrons. The van der Waals surface area contributed by atoms with Crippen molar-refractivity contribution in [2.24, 2.45) is 5.73 Å². The smallest absolute Gasteiger partial charge is 0.366 e. The number of amides is 1. The van der Waals surface area contributed by atoms with Crippen LogP contribution in [-0.4, -0.2) is 10.9 Å². The average molecular weight is 254 g/mol. The molecule has 2 N–H and O–H groups in total. The third kappa shape index (κ3) is 2.13. The van der Waals surface area contributed by atoms with Crippen molar-refractivity contribution in [3.05, 3.63) is 41.1 Å². The first-order valence-electron chi connectivity index (χ1n) is 5.07. The number of hydrogen-bond donors (Lipinski definition) is 1. The van der Waals surface area contributed by atoms with Crippen molar-refractivity contribution in [3.8, 4) is 0 Å². The van der Waals surface area contributed by atoms with E-state index in [-0.39, 0.29) is 11.1 Å². The lowest BCUT2D eigenvalue weighted by Crippen LogP contribution is -2.12. The summed E-state index contributed by atoms with van der Waals surface area (Å²) in [7, 11) is 0. The predicted octanol–water partition coefficient (Wildman–Crippen LogP) is 2.66. The number of aryl methyl sites for hydroxylation is 1. The lowest BCUT2D eigenvalue weighted by Gasteiger charge is -2.09. The van der Waals surface area contributed by atoms with Crippen LogP contribution in [0, 0.1) is 6.92 Å². The van der Waals surface area contributed by atoms with Gasteiger partial charge in [-0.3, -0.25) is 4.79 Å². The predicted molar refractivity (Wildman–Crippen MR) is 60.0 cm³/mol. The first-order valence-corrected chi connectivity index (χ1v) is 5.07. The van der Waals surface area contributed by atoms with Crippen LogP contribution < -0.4 is 5.73 Å². The lowest BCUT2D eigenvalue weighted by molar-refractivity contribution is -0.140. The number of rotatable bonds is 1. The topological polar surface area (TPSA) is 56.0 Å². The highest BCUT2D eigenvalue weighted by Crippen LogP contribution is 2.30. The van der Waals surface area contributed by atoms with Gasteiger partial charge in [0.1, 0.15) is 5.69 Å². The number of alkyl halides is 3. The second kappa shape index (κ2) is 3.97. The minimum absolute atomic E-state index is 0.110. The van der Waals surface area contributed by atoms with Gasteiger partial charge in [-0.2, -0.15) is 13.2 Å². The van der Waals surface area contributed by atoms with Gasteiger partial charge < -0.3 is 5.73 Å². The Balaban J connectivity index is 2.72. The first-order chi connectivity index (χ1) is 8.29. The Hall–Kier alpha value is -2.11. The number of hydrogen-bond acceptors (Lipinski definition) is 2. The molecule has 0 bridgehead atoms. The number of halogens is 3. The number of nitrogens with zero attached hydrogens (tertiary/aromatic N) is 1. The Bertz CT molecular complexity index is 635. The number of carbonyl (C=O) groups excluding carboxylic acids is 1. The third-order valence-corrected chi connectivity index (χ3v) is 2.59. The van der Waals surface area contributed by atoms with Gasteiger partial charge in [0.05, 0.1) is 5.52 Å². The number of nitrogens with two attached hydrogens (primary N) is 1. The number of carbonyl (C=O) groups is 1. The Morgan fingerprint density at radius 3 is 2.50 bits per heavy atom. The van der Waals surface area contributed by atoms with Gasteiger partial charge in [0.2, 0.25) is 5.91 Å². The van der Waals surface area contributed by atoms with Crippen molar-refractivity contribution < 1.29 is 18.0 Å². The van der Waals surface area contributed by atoms with Crippen LogP contribution in [0.2, 0.25) is 0 Å². The molecule has 0 aliphatic carbocycles. The van der Waals surface area contributed by atoms with Crippen molar-refractivity contribution >= 4 is 16.8 Å². The number of aromatic nitrogens is 1. The number of benzene rings is 1. The summed E-state index contributed by atoms with van der Waals surface area (Å²) in [5.41, 5.74) is 5.03. The zero-order chi connectivity index (χ0) is 13.5. The molecular formula is C12H9F3N2O. The number of fused-ring (bicyclic) bond motifs is 1. The fraction of sp³-hybridized carbons (Fsp3) is 0.167. The molecule has 2 rings (SSSR count). The van der Waals surface area contributed by atoms with Crippen LogP contribution in [0.3, 0.4) is 0 Å². The largest absolute Gasteiger partial charge is 0.433 e. The summed E-state index contributed by atoms with van der Waals surface area (Å²) in [6.07, 6.45) is -4.51. The molecule has 0 unspecified atom stereocenters. The van der Waals surface area contributed by atoms with Crippen LogP contribution in [-0.2, 0) is 6.18 Å². The van der Waals surface area contributed by atoms with Gasteiger partial charge in [-0.15, -0.1) is 0 Å². The van der Waals surface area contributed by atoms with Crippen molar-refractivity contribution in [1.82, 2.24) is 4.98 Å². The van der Waals surface area contributed by atoms with Crippen LogP contribution in [0.5, 0.6) is 0 Å². The van der Waals surface area contributed by atoms with E-state index in [4.69, 9.17) is 5.73 Å². The summed E-state index contributed by atoms with van der Waals surface area (Å²) in [6.45, 7) is 1.68. The summed E-state index contributed by atoms with van der Waals surface area (Å²) < 4.78 is 37.6. The molecule has 0 atom stereocenters. The van der Waals surface area contributed by atoms with Gasteiger partial charge in [-0.25, -0.2) is 4.98 Å². The normalized spacial score (nSPS) is 11.8. The maximum Gasteiger partial charge on any atom is 0.433 e. The van der Waals surface area contributed by atoms with E-state index in [0.717, 1.165) is 6.07 Å². The molecule has 94 valence electrons. The molecule has 2 aromatic rings. The van der Waals surface area contributed by atoms with Crippen molar-refractivity contribution in [3.63, 3.8) is 0 Å². The van der Waals surface area contributed by atoms with Gasteiger partial charge in [0.15, 0.2) is 0 Å². The van der Waals surface area contributed by atoms with E-state index in [0.29, 0.717) is 10.9 Å². The van der Waals surface area contributed by atoms with E-state index >= 15 is 0 Å². The van der Waals surface area contributed by atoms with E-state index in [1.807, 2.05) is 0 Å². The second-order valence-corrected chi connectivity index (χ2v) is 3.92. The molecule has 18 heavy (non-hydrogen) atoms. The molecule has 0 fully saturated rings. The highest BCUT2D eigenvalue weighted by molar-refractivity contribution is 5.97. The number of pyridine rings is 1. The third-order valence-electron chi connectivity index (χ3n) is 2.59. The molecular weight excluding hydrogens is 245 g/mol. The van der Waals surface area contributed by atoms with Crippen molar-refractivity contribution in [2.75, 3.05) is 0 Å². The Morgan fingerprint density at radius 1 is 1.28 bits per heavy atom. The highest BCUT2D eigenvalue weighted by atomic mass is 19.4. The Labute approximate surface area is 100 Å². The minimum atomic E-state index is -4.51. The molecule has 1 aromatic heterocycles. The quantitative estimate of drug-likeness (QED) is 0.850. The highest BCUT2D eigenvalue weighted by Gasteiger charge is 2.32. The van der Waals surface area contributed by atoms with Gasteiger partial charge in [0.25, 0.3) is 0 Å². The fourth-order valence-electron chi connectivity index (χ4n) is 1.72. The van der Waals surface area contributed by atoms with Crippen LogP contribution in [0.4, 0.5) is 13.2 Å². The summed E-state index contributed by atoms with van der Waals surface area (Å²) in [5, 5.41) is 0.563. The van der Waals surface area contributed by atoms with Gasteiger partial charge in [0, 0.05) is 10.9 Å². The Kier molecular flexibility index (Phi) is 2.73. The summed E-state index contributed by atoms with van der Waals surface area (Å²) in [6, 6.07) is 5.05. The first kappa shape index (κ1) is 12.3. The van der Waals surface area contributed by atoms with E-state index in [9.17, 15) is 18.0 Å². The molecule has 6 heteroatoms. The summed E-state index contributed by atoms with van der Waals surface area (Å²) in [5.74, 6) is -0.695. The van der Waals surface area contributed by atoms with E-state index in [1.165, 1.54) is 18.2 Å². The summed E-state index contributed by atoms with van der Waals surface area (Å²) in [4.78, 5) is 14.6. The maximum atomic E-state index is 12.5. The molecule has 0 saturated heterocycles.